The van der Waals surface area contributed by atoms with Gasteiger partial charge in [-0.15, -0.1) is 10.2 Å². The molecule has 2 saturated heterocycles. The highest BCUT2D eigenvalue weighted by Gasteiger charge is 2.35. The third-order valence-corrected chi connectivity index (χ3v) is 6.55. The number of hydrogen-bond acceptors (Lipinski definition) is 6. The van der Waals surface area contributed by atoms with Crippen molar-refractivity contribution in [3.05, 3.63) is 48.0 Å². The van der Waals surface area contributed by atoms with Crippen LogP contribution in [0.1, 0.15) is 37.2 Å². The Morgan fingerprint density at radius 3 is 2.43 bits per heavy atom. The Labute approximate surface area is 176 Å². The largest absolute Gasteiger partial charge is 0.507 e. The number of piperidine rings is 1. The van der Waals surface area contributed by atoms with Crippen LogP contribution in [-0.4, -0.2) is 50.0 Å². The zero-order valence-electron chi connectivity index (χ0n) is 17.7. The molecule has 2 atom stereocenters. The third-order valence-electron chi connectivity index (χ3n) is 6.55. The van der Waals surface area contributed by atoms with Gasteiger partial charge >= 0.3 is 0 Å². The van der Waals surface area contributed by atoms with Crippen LogP contribution >= 0.6 is 0 Å². The lowest BCUT2D eigenvalue weighted by Crippen LogP contribution is -2.47. The lowest BCUT2D eigenvalue weighted by Gasteiger charge is -2.36. The predicted octanol–water partition coefficient (Wildman–Crippen LogP) is 3.37. The first-order chi connectivity index (χ1) is 14.5. The van der Waals surface area contributed by atoms with Crippen molar-refractivity contribution in [1.82, 2.24) is 25.1 Å². The smallest absolute Gasteiger partial charge is 0.151 e. The molecule has 7 heteroatoms. The Balaban J connectivity index is 1.36. The fourth-order valence-electron chi connectivity index (χ4n) is 4.95. The predicted molar refractivity (Wildman–Crippen MR) is 117 cm³/mol. The molecule has 2 aliphatic rings. The van der Waals surface area contributed by atoms with Crippen molar-refractivity contribution in [3.8, 4) is 22.7 Å². The average Bonchev–Trinajstić information content (AvgIpc) is 3.27. The molecule has 3 aromatic rings. The topological polar surface area (TPSA) is 79.1 Å². The van der Waals surface area contributed by atoms with E-state index in [1.165, 1.54) is 12.8 Å². The first kappa shape index (κ1) is 19.1. The van der Waals surface area contributed by atoms with Crippen molar-refractivity contribution in [1.29, 1.82) is 0 Å². The molecule has 2 fully saturated rings. The van der Waals surface area contributed by atoms with E-state index in [0.29, 0.717) is 29.4 Å². The molecule has 156 valence electrons. The third kappa shape index (κ3) is 3.43. The van der Waals surface area contributed by atoms with E-state index in [-0.39, 0.29) is 5.75 Å². The number of rotatable bonds is 4. The van der Waals surface area contributed by atoms with Crippen LogP contribution in [0.2, 0.25) is 0 Å². The van der Waals surface area contributed by atoms with E-state index in [0.717, 1.165) is 35.9 Å². The fraction of sp³-hybridized carbons (Fsp3) is 0.435. The molecular formula is C23H28N6O. The summed E-state index contributed by atoms with van der Waals surface area (Å²) in [4.78, 5) is 6.69. The van der Waals surface area contributed by atoms with E-state index in [9.17, 15) is 5.11 Å². The number of nitrogens with zero attached hydrogens (tertiary/aromatic N) is 5. The molecule has 0 spiro atoms. The van der Waals surface area contributed by atoms with Crippen LogP contribution in [0.15, 0.2) is 36.5 Å². The van der Waals surface area contributed by atoms with Gasteiger partial charge in [-0.2, -0.15) is 0 Å². The molecule has 1 aromatic carbocycles. The van der Waals surface area contributed by atoms with Crippen LogP contribution < -0.4 is 10.2 Å². The molecule has 7 nitrogen and oxygen atoms in total. The monoisotopic (exact) mass is 404 g/mol. The van der Waals surface area contributed by atoms with Crippen LogP contribution in [0.4, 0.5) is 5.82 Å². The summed E-state index contributed by atoms with van der Waals surface area (Å²) in [5, 5.41) is 23.2. The van der Waals surface area contributed by atoms with Gasteiger partial charge in [-0.25, -0.2) is 4.98 Å². The van der Waals surface area contributed by atoms with Gasteiger partial charge in [0.2, 0.25) is 0 Å². The second kappa shape index (κ2) is 7.40. The van der Waals surface area contributed by atoms with Gasteiger partial charge in [0.1, 0.15) is 11.6 Å². The van der Waals surface area contributed by atoms with Crippen LogP contribution in [0.25, 0.3) is 16.9 Å². The lowest BCUT2D eigenvalue weighted by atomic mass is 9.98. The summed E-state index contributed by atoms with van der Waals surface area (Å²) in [7, 11) is 2.11. The van der Waals surface area contributed by atoms with Crippen molar-refractivity contribution in [2.45, 2.75) is 57.7 Å². The summed E-state index contributed by atoms with van der Waals surface area (Å²) in [6.07, 6.45) is 6.85. The molecule has 2 aromatic heterocycles. The summed E-state index contributed by atoms with van der Waals surface area (Å²) < 4.78 is 1.97. The van der Waals surface area contributed by atoms with Crippen molar-refractivity contribution in [2.75, 3.05) is 11.9 Å². The SMILES string of the molecule is Cc1cn(-c2ccc(-c3ccc(N(C)C4CC5CCC(C4)N5)nn3)c(O)c2)c(C)n1. The minimum absolute atomic E-state index is 0.184. The highest BCUT2D eigenvalue weighted by molar-refractivity contribution is 5.69. The molecule has 2 N–H and O–H groups in total. The van der Waals surface area contributed by atoms with E-state index in [4.69, 9.17) is 0 Å². The maximum atomic E-state index is 10.6. The fourth-order valence-corrected chi connectivity index (χ4v) is 4.95. The van der Waals surface area contributed by atoms with Crippen molar-refractivity contribution in [3.63, 3.8) is 0 Å². The Morgan fingerprint density at radius 2 is 1.83 bits per heavy atom. The van der Waals surface area contributed by atoms with Gasteiger partial charge < -0.3 is 19.9 Å². The quantitative estimate of drug-likeness (QED) is 0.694. The minimum atomic E-state index is 0.184. The van der Waals surface area contributed by atoms with E-state index >= 15 is 0 Å². The number of hydrogen-bond donors (Lipinski definition) is 2. The van der Waals surface area contributed by atoms with Gasteiger partial charge in [0.15, 0.2) is 5.82 Å². The number of fused-ring (bicyclic) bond motifs is 2. The maximum absolute atomic E-state index is 10.6. The van der Waals surface area contributed by atoms with E-state index in [2.05, 4.69) is 32.4 Å². The number of phenols is 1. The number of nitrogens with one attached hydrogen (secondary N) is 1. The molecule has 2 aliphatic heterocycles. The van der Waals surface area contributed by atoms with Crippen LogP contribution in [0.5, 0.6) is 5.75 Å². The van der Waals surface area contributed by atoms with E-state index in [1.54, 1.807) is 6.07 Å². The summed E-state index contributed by atoms with van der Waals surface area (Å²) in [5.41, 5.74) is 3.16. The molecule has 0 saturated carbocycles. The molecule has 0 amide bonds. The minimum Gasteiger partial charge on any atom is -0.507 e. The van der Waals surface area contributed by atoms with Gasteiger partial charge in [0, 0.05) is 43.0 Å². The summed E-state index contributed by atoms with van der Waals surface area (Å²) in [6.45, 7) is 3.91. The highest BCUT2D eigenvalue weighted by Crippen LogP contribution is 2.33. The van der Waals surface area contributed by atoms with Gasteiger partial charge in [0.05, 0.1) is 17.1 Å². The van der Waals surface area contributed by atoms with Gasteiger partial charge in [-0.3, -0.25) is 0 Å². The van der Waals surface area contributed by atoms with Crippen molar-refractivity contribution >= 4 is 5.82 Å². The molecule has 2 unspecified atom stereocenters. The summed E-state index contributed by atoms with van der Waals surface area (Å²) in [5.74, 6) is 1.95. The molecule has 4 heterocycles. The molecular weight excluding hydrogens is 376 g/mol. The van der Waals surface area contributed by atoms with Gasteiger partial charge in [-0.1, -0.05) is 0 Å². The van der Waals surface area contributed by atoms with Crippen LogP contribution in [-0.2, 0) is 0 Å². The first-order valence-electron chi connectivity index (χ1n) is 10.7. The van der Waals surface area contributed by atoms with Gasteiger partial charge in [-0.05, 0) is 63.8 Å². The number of aryl methyl sites for hydroxylation is 2. The molecule has 0 aliphatic carbocycles. The Kier molecular flexibility index (Phi) is 4.70. The summed E-state index contributed by atoms with van der Waals surface area (Å²) in [6, 6.07) is 11.3. The first-order valence-corrected chi connectivity index (χ1v) is 10.7. The molecule has 2 bridgehead atoms. The zero-order chi connectivity index (χ0) is 20.8. The van der Waals surface area contributed by atoms with Gasteiger partial charge in [0.25, 0.3) is 0 Å². The van der Waals surface area contributed by atoms with Crippen molar-refractivity contribution < 1.29 is 5.11 Å². The lowest BCUT2D eigenvalue weighted by molar-refractivity contribution is 0.353. The number of aromatic nitrogens is 4. The number of benzene rings is 1. The Morgan fingerprint density at radius 1 is 1.07 bits per heavy atom. The molecule has 0 radical (unpaired) electrons. The van der Waals surface area contributed by atoms with E-state index in [1.807, 2.05) is 48.9 Å². The second-order valence-corrected chi connectivity index (χ2v) is 8.65. The van der Waals surface area contributed by atoms with E-state index < -0.39 is 0 Å². The molecule has 30 heavy (non-hydrogen) atoms. The number of imidazole rings is 1. The number of phenolic OH excluding ortho intramolecular Hbond substituents is 1. The second-order valence-electron chi connectivity index (χ2n) is 8.65. The standard InChI is InChI=1S/C23H28N6O/c1-14-13-29(15(2)24-14)18-6-7-20(22(30)12-18)21-8-9-23(27-26-21)28(3)19-10-16-4-5-17(11-19)25-16/h6-9,12-13,16-17,19,25,30H,4-5,10-11H2,1-3H3. The number of anilines is 1. The Bertz CT molecular complexity index is 1050. The normalized spacial score (nSPS) is 23.0. The highest BCUT2D eigenvalue weighted by atomic mass is 16.3. The number of aromatic hydroxyl groups is 1. The van der Waals surface area contributed by atoms with Crippen LogP contribution in [0.3, 0.4) is 0 Å². The molecule has 5 rings (SSSR count). The summed E-state index contributed by atoms with van der Waals surface area (Å²) >= 11 is 0. The van der Waals surface area contributed by atoms with Crippen LogP contribution in [0, 0.1) is 13.8 Å². The average molecular weight is 405 g/mol. The zero-order valence-corrected chi connectivity index (χ0v) is 17.7. The van der Waals surface area contributed by atoms with Crippen molar-refractivity contribution in [2.24, 2.45) is 0 Å². The Hall–Kier alpha value is -2.93. The maximum Gasteiger partial charge on any atom is 0.151 e.